The van der Waals surface area contributed by atoms with Crippen LogP contribution in [-0.4, -0.2) is 21.6 Å². The molecule has 1 fully saturated rings. The predicted octanol–water partition coefficient (Wildman–Crippen LogP) is 4.12. The summed E-state index contributed by atoms with van der Waals surface area (Å²) in [6.07, 6.45) is 5.32. The summed E-state index contributed by atoms with van der Waals surface area (Å²) < 4.78 is 9.08. The zero-order valence-corrected chi connectivity index (χ0v) is 13.9. The van der Waals surface area contributed by atoms with Crippen molar-refractivity contribution in [3.63, 3.8) is 0 Å². The number of hydrogen-bond donors (Lipinski definition) is 0. The SMILES string of the molecule is COC1(c2cnc3nc(-n4c(C)ccc4C)sc3c2)CCC1. The Morgan fingerprint density at radius 3 is 2.55 bits per heavy atom. The molecule has 0 N–H and O–H groups in total. The number of ether oxygens (including phenoxy) is 1. The van der Waals surface area contributed by atoms with E-state index in [1.165, 1.54) is 23.4 Å². The molecule has 0 radical (unpaired) electrons. The molecule has 3 aromatic heterocycles. The van der Waals surface area contributed by atoms with Crippen molar-refractivity contribution in [3.8, 4) is 5.13 Å². The van der Waals surface area contributed by atoms with Gasteiger partial charge in [0.2, 0.25) is 0 Å². The average molecular weight is 313 g/mol. The van der Waals surface area contributed by atoms with Gasteiger partial charge < -0.3 is 4.74 Å². The standard InChI is InChI=1S/C17H19N3OS/c1-11-5-6-12(2)20(11)16-19-15-14(22-16)9-13(10-18-15)17(21-3)7-4-8-17/h5-6,9-10H,4,7-8H2,1-3H3. The third-order valence-electron chi connectivity index (χ3n) is 4.78. The summed E-state index contributed by atoms with van der Waals surface area (Å²) in [4.78, 5) is 9.27. The molecule has 0 atom stereocenters. The van der Waals surface area contributed by atoms with Crippen molar-refractivity contribution in [1.29, 1.82) is 0 Å². The Balaban J connectivity index is 1.82. The minimum Gasteiger partial charge on any atom is -0.373 e. The minimum atomic E-state index is -0.120. The lowest BCUT2D eigenvalue weighted by molar-refractivity contribution is -0.0779. The predicted molar refractivity (Wildman–Crippen MR) is 88.8 cm³/mol. The Bertz CT molecular complexity index is 820. The lowest BCUT2D eigenvalue weighted by atomic mass is 9.75. The molecule has 0 aliphatic heterocycles. The molecule has 4 rings (SSSR count). The van der Waals surface area contributed by atoms with Crippen molar-refractivity contribution in [2.24, 2.45) is 0 Å². The van der Waals surface area contributed by atoms with E-state index in [2.05, 4.69) is 41.6 Å². The number of thiazole rings is 1. The normalized spacial score (nSPS) is 16.9. The Labute approximate surface area is 133 Å². The average Bonchev–Trinajstić information content (AvgIpc) is 3.01. The molecule has 1 aliphatic rings. The van der Waals surface area contributed by atoms with E-state index in [0.29, 0.717) is 0 Å². The van der Waals surface area contributed by atoms with Gasteiger partial charge in [0.15, 0.2) is 10.8 Å². The van der Waals surface area contributed by atoms with Gasteiger partial charge in [-0.3, -0.25) is 4.57 Å². The van der Waals surface area contributed by atoms with Crippen LogP contribution in [0, 0.1) is 13.8 Å². The van der Waals surface area contributed by atoms with Gasteiger partial charge in [-0.1, -0.05) is 11.3 Å². The monoisotopic (exact) mass is 313 g/mol. The lowest BCUT2D eigenvalue weighted by Gasteiger charge is -2.40. The summed E-state index contributed by atoms with van der Waals surface area (Å²) in [6, 6.07) is 6.45. The maximum absolute atomic E-state index is 5.77. The molecule has 4 nitrogen and oxygen atoms in total. The third kappa shape index (κ3) is 1.92. The van der Waals surface area contributed by atoms with Gasteiger partial charge in [0, 0.05) is 30.3 Å². The van der Waals surface area contributed by atoms with Gasteiger partial charge >= 0.3 is 0 Å². The number of aromatic nitrogens is 3. The maximum atomic E-state index is 5.77. The summed E-state index contributed by atoms with van der Waals surface area (Å²) in [7, 11) is 1.80. The highest BCUT2D eigenvalue weighted by molar-refractivity contribution is 7.20. The van der Waals surface area contributed by atoms with Crippen LogP contribution in [0.2, 0.25) is 0 Å². The first-order valence-corrected chi connectivity index (χ1v) is 8.42. The zero-order chi connectivity index (χ0) is 15.3. The summed E-state index contributed by atoms with van der Waals surface area (Å²) in [5.41, 5.74) is 4.28. The van der Waals surface area contributed by atoms with E-state index >= 15 is 0 Å². The summed E-state index contributed by atoms with van der Waals surface area (Å²) >= 11 is 1.69. The largest absolute Gasteiger partial charge is 0.373 e. The van der Waals surface area contributed by atoms with E-state index in [0.717, 1.165) is 28.3 Å². The van der Waals surface area contributed by atoms with Crippen LogP contribution in [0.3, 0.4) is 0 Å². The number of nitrogens with zero attached hydrogens (tertiary/aromatic N) is 3. The quantitative estimate of drug-likeness (QED) is 0.730. The first kappa shape index (κ1) is 13.9. The molecule has 0 spiro atoms. The van der Waals surface area contributed by atoms with Crippen LogP contribution < -0.4 is 0 Å². The highest BCUT2D eigenvalue weighted by Gasteiger charge is 2.39. The third-order valence-corrected chi connectivity index (χ3v) is 5.75. The van der Waals surface area contributed by atoms with Crippen molar-refractivity contribution in [3.05, 3.63) is 41.3 Å². The first-order chi connectivity index (χ1) is 10.6. The fourth-order valence-electron chi connectivity index (χ4n) is 3.23. The van der Waals surface area contributed by atoms with Gasteiger partial charge in [-0.15, -0.1) is 0 Å². The number of pyridine rings is 1. The Morgan fingerprint density at radius 1 is 1.23 bits per heavy atom. The molecule has 0 amide bonds. The van der Waals surface area contributed by atoms with Crippen LogP contribution in [0.1, 0.15) is 36.2 Å². The van der Waals surface area contributed by atoms with E-state index in [-0.39, 0.29) is 5.60 Å². The molecule has 114 valence electrons. The molecule has 5 heteroatoms. The van der Waals surface area contributed by atoms with Crippen molar-refractivity contribution in [2.75, 3.05) is 7.11 Å². The number of methoxy groups -OCH3 is 1. The van der Waals surface area contributed by atoms with Crippen molar-refractivity contribution in [2.45, 2.75) is 38.7 Å². The van der Waals surface area contributed by atoms with Crippen LogP contribution in [0.15, 0.2) is 24.4 Å². The Kier molecular flexibility index (Phi) is 3.09. The fraction of sp³-hybridized carbons (Fsp3) is 0.412. The molecule has 3 aromatic rings. The molecule has 22 heavy (non-hydrogen) atoms. The maximum Gasteiger partial charge on any atom is 0.196 e. The summed E-state index contributed by atoms with van der Waals surface area (Å²) in [5.74, 6) is 0. The number of rotatable bonds is 3. The van der Waals surface area contributed by atoms with Crippen LogP contribution in [0.25, 0.3) is 15.5 Å². The van der Waals surface area contributed by atoms with Gasteiger partial charge in [0.05, 0.1) is 10.3 Å². The lowest BCUT2D eigenvalue weighted by Crippen LogP contribution is -2.36. The highest BCUT2D eigenvalue weighted by atomic mass is 32.1. The van der Waals surface area contributed by atoms with Crippen LogP contribution in [0.4, 0.5) is 0 Å². The van der Waals surface area contributed by atoms with E-state index in [1.54, 1.807) is 18.4 Å². The van der Waals surface area contributed by atoms with Crippen LogP contribution in [-0.2, 0) is 10.3 Å². The van der Waals surface area contributed by atoms with Crippen molar-refractivity contribution < 1.29 is 4.74 Å². The second-order valence-corrected chi connectivity index (χ2v) is 7.05. The minimum absolute atomic E-state index is 0.120. The molecular weight excluding hydrogens is 294 g/mol. The molecule has 1 aliphatic carbocycles. The Hall–Kier alpha value is -1.72. The van der Waals surface area contributed by atoms with E-state index in [1.807, 2.05) is 6.20 Å². The van der Waals surface area contributed by atoms with Gasteiger partial charge in [-0.05, 0) is 51.3 Å². The van der Waals surface area contributed by atoms with E-state index in [4.69, 9.17) is 9.72 Å². The molecule has 1 saturated carbocycles. The topological polar surface area (TPSA) is 39.9 Å². The second-order valence-electron chi connectivity index (χ2n) is 6.05. The second kappa shape index (κ2) is 4.89. The van der Waals surface area contributed by atoms with Gasteiger partial charge in [0.1, 0.15) is 0 Å². The molecule has 0 bridgehead atoms. The number of hydrogen-bond acceptors (Lipinski definition) is 4. The smallest absolute Gasteiger partial charge is 0.196 e. The van der Waals surface area contributed by atoms with Crippen molar-refractivity contribution in [1.82, 2.24) is 14.5 Å². The first-order valence-electron chi connectivity index (χ1n) is 7.60. The van der Waals surface area contributed by atoms with Crippen LogP contribution >= 0.6 is 11.3 Å². The van der Waals surface area contributed by atoms with Gasteiger partial charge in [-0.2, -0.15) is 4.98 Å². The van der Waals surface area contributed by atoms with E-state index < -0.39 is 0 Å². The molecule has 0 aromatic carbocycles. The summed E-state index contributed by atoms with van der Waals surface area (Å²) in [5, 5.41) is 0.986. The van der Waals surface area contributed by atoms with Gasteiger partial charge in [0.25, 0.3) is 0 Å². The van der Waals surface area contributed by atoms with Gasteiger partial charge in [-0.25, -0.2) is 4.98 Å². The number of aryl methyl sites for hydroxylation is 2. The van der Waals surface area contributed by atoms with Crippen LogP contribution in [0.5, 0.6) is 0 Å². The molecular formula is C17H19N3OS. The number of fused-ring (bicyclic) bond motifs is 1. The van der Waals surface area contributed by atoms with Crippen molar-refractivity contribution >= 4 is 21.7 Å². The Morgan fingerprint density at radius 2 is 1.95 bits per heavy atom. The highest BCUT2D eigenvalue weighted by Crippen LogP contribution is 2.44. The fourth-order valence-corrected chi connectivity index (χ4v) is 4.32. The summed E-state index contributed by atoms with van der Waals surface area (Å²) in [6.45, 7) is 4.21. The molecule has 0 saturated heterocycles. The van der Waals surface area contributed by atoms with E-state index in [9.17, 15) is 0 Å². The zero-order valence-electron chi connectivity index (χ0n) is 13.1. The molecule has 0 unspecified atom stereocenters. The molecule has 3 heterocycles.